The molecule has 1 aromatic rings. The molecule has 0 aliphatic carbocycles. The largest absolute Gasteiger partial charge is 0.323 e. The molecule has 0 aliphatic heterocycles. The summed E-state index contributed by atoms with van der Waals surface area (Å²) in [6.45, 7) is 3.84. The number of hydrogen-bond acceptors (Lipinski definition) is 4. The van der Waals surface area contributed by atoms with Gasteiger partial charge in [-0.1, -0.05) is 30.3 Å². The lowest BCUT2D eigenvalue weighted by molar-refractivity contribution is 0.523. The molecule has 1 rings (SSSR count). The van der Waals surface area contributed by atoms with E-state index >= 15 is 0 Å². The monoisotopic (exact) mass is 192 g/mol. The first-order chi connectivity index (χ1) is 6.61. The van der Waals surface area contributed by atoms with E-state index in [2.05, 4.69) is 10.5 Å². The van der Waals surface area contributed by atoms with Crippen LogP contribution >= 0.6 is 0 Å². The number of hydrogen-bond donors (Lipinski definition) is 3. The molecule has 0 radical (unpaired) electrons. The third kappa shape index (κ3) is 2.10. The van der Waals surface area contributed by atoms with Crippen LogP contribution in [0.4, 0.5) is 0 Å². The molecule has 0 fully saturated rings. The van der Waals surface area contributed by atoms with E-state index in [1.54, 1.807) is 0 Å². The molecular formula is C10H16N4. The Hall–Kier alpha value is -1.39. The summed E-state index contributed by atoms with van der Waals surface area (Å²) in [5, 5.41) is 3.77. The highest BCUT2D eigenvalue weighted by Crippen LogP contribution is 2.12. The second-order valence-electron chi connectivity index (χ2n) is 3.61. The number of nitrogens with two attached hydrogens (primary N) is 2. The van der Waals surface area contributed by atoms with Crippen molar-refractivity contribution >= 4 is 5.71 Å². The maximum atomic E-state index is 5.43. The van der Waals surface area contributed by atoms with Crippen LogP contribution in [-0.2, 0) is 0 Å². The minimum absolute atomic E-state index is 0.434. The van der Waals surface area contributed by atoms with Gasteiger partial charge in [0.2, 0.25) is 0 Å². The zero-order valence-electron chi connectivity index (χ0n) is 8.49. The number of benzene rings is 1. The van der Waals surface area contributed by atoms with Crippen molar-refractivity contribution in [2.24, 2.45) is 16.8 Å². The van der Waals surface area contributed by atoms with Crippen molar-refractivity contribution in [1.29, 1.82) is 0 Å². The highest BCUT2D eigenvalue weighted by atomic mass is 15.3. The molecule has 0 bridgehead atoms. The van der Waals surface area contributed by atoms with E-state index in [-0.39, 0.29) is 0 Å². The molecule has 0 aromatic heterocycles. The highest BCUT2D eigenvalue weighted by molar-refractivity contribution is 6.06. The third-order valence-corrected chi connectivity index (χ3v) is 2.13. The lowest BCUT2D eigenvalue weighted by atomic mass is 9.93. The van der Waals surface area contributed by atoms with Crippen molar-refractivity contribution in [2.45, 2.75) is 19.4 Å². The highest BCUT2D eigenvalue weighted by Gasteiger charge is 2.24. The summed E-state index contributed by atoms with van der Waals surface area (Å²) in [5.41, 5.74) is 3.95. The van der Waals surface area contributed by atoms with Crippen LogP contribution < -0.4 is 17.1 Å². The Labute approximate surface area is 84.0 Å². The van der Waals surface area contributed by atoms with Crippen LogP contribution in [0, 0.1) is 0 Å². The second kappa shape index (κ2) is 4.21. The summed E-state index contributed by atoms with van der Waals surface area (Å²) in [5.74, 6) is 10.8. The summed E-state index contributed by atoms with van der Waals surface area (Å²) in [7, 11) is 0. The molecule has 76 valence electrons. The van der Waals surface area contributed by atoms with Crippen LogP contribution in [0.1, 0.15) is 19.4 Å². The Kier molecular flexibility index (Phi) is 3.22. The molecule has 1 aromatic carbocycles. The van der Waals surface area contributed by atoms with Crippen molar-refractivity contribution in [3.8, 4) is 0 Å². The fourth-order valence-electron chi connectivity index (χ4n) is 1.26. The first-order valence-corrected chi connectivity index (χ1v) is 4.43. The molecule has 4 heteroatoms. The van der Waals surface area contributed by atoms with E-state index in [1.807, 2.05) is 44.2 Å². The van der Waals surface area contributed by atoms with Crippen molar-refractivity contribution < 1.29 is 0 Å². The van der Waals surface area contributed by atoms with Gasteiger partial charge in [-0.05, 0) is 19.4 Å². The van der Waals surface area contributed by atoms with Crippen LogP contribution in [0.15, 0.2) is 35.4 Å². The smallest absolute Gasteiger partial charge is 0.0880 e. The summed E-state index contributed by atoms with van der Waals surface area (Å²) >= 11 is 0. The fraction of sp³-hybridized carbons (Fsp3) is 0.300. The van der Waals surface area contributed by atoms with Crippen molar-refractivity contribution in [3.63, 3.8) is 0 Å². The average Bonchev–Trinajstić information content (AvgIpc) is 2.20. The van der Waals surface area contributed by atoms with Gasteiger partial charge in [-0.2, -0.15) is 5.10 Å². The number of hydrazine groups is 1. The summed E-state index contributed by atoms with van der Waals surface area (Å²) in [6, 6.07) is 9.72. The van der Waals surface area contributed by atoms with Crippen LogP contribution in [0.5, 0.6) is 0 Å². The zero-order valence-corrected chi connectivity index (χ0v) is 8.49. The van der Waals surface area contributed by atoms with Gasteiger partial charge in [0, 0.05) is 0 Å². The van der Waals surface area contributed by atoms with Crippen LogP contribution in [0.3, 0.4) is 0 Å². The Balaban J connectivity index is 3.07. The Morgan fingerprint density at radius 1 is 1.29 bits per heavy atom. The van der Waals surface area contributed by atoms with Crippen LogP contribution in [0.25, 0.3) is 0 Å². The Bertz CT molecular complexity index is 316. The number of nitrogens with one attached hydrogen (secondary N) is 1. The lowest BCUT2D eigenvalue weighted by Gasteiger charge is -2.25. The molecule has 5 N–H and O–H groups in total. The molecule has 4 nitrogen and oxygen atoms in total. The topological polar surface area (TPSA) is 76.4 Å². The SMILES string of the molecule is CC(C)(NN)/C(=N/N)c1ccccc1. The summed E-state index contributed by atoms with van der Waals surface area (Å²) < 4.78 is 0. The fourth-order valence-corrected chi connectivity index (χ4v) is 1.26. The molecule has 0 spiro atoms. The average molecular weight is 192 g/mol. The number of hydrazone groups is 1. The van der Waals surface area contributed by atoms with Crippen molar-refractivity contribution in [2.75, 3.05) is 0 Å². The Morgan fingerprint density at radius 2 is 1.86 bits per heavy atom. The van der Waals surface area contributed by atoms with Crippen molar-refractivity contribution in [3.05, 3.63) is 35.9 Å². The number of rotatable bonds is 3. The van der Waals surface area contributed by atoms with Gasteiger partial charge in [0.15, 0.2) is 0 Å². The molecule has 0 amide bonds. The van der Waals surface area contributed by atoms with Crippen LogP contribution in [0.2, 0.25) is 0 Å². The molecule has 0 unspecified atom stereocenters. The van der Waals surface area contributed by atoms with E-state index < -0.39 is 5.54 Å². The maximum Gasteiger partial charge on any atom is 0.0880 e. The molecule has 0 atom stereocenters. The maximum absolute atomic E-state index is 5.43. The third-order valence-electron chi connectivity index (χ3n) is 2.13. The van der Waals surface area contributed by atoms with Gasteiger partial charge < -0.3 is 5.84 Å². The van der Waals surface area contributed by atoms with E-state index in [4.69, 9.17) is 11.7 Å². The molecule has 14 heavy (non-hydrogen) atoms. The first-order valence-electron chi connectivity index (χ1n) is 4.43. The predicted octanol–water partition coefficient (Wildman–Crippen LogP) is 0.591. The molecule has 0 saturated heterocycles. The van der Waals surface area contributed by atoms with Crippen LogP contribution in [-0.4, -0.2) is 11.3 Å². The minimum atomic E-state index is -0.434. The quantitative estimate of drug-likeness (QED) is 0.373. The van der Waals surface area contributed by atoms with E-state index in [9.17, 15) is 0 Å². The summed E-state index contributed by atoms with van der Waals surface area (Å²) in [4.78, 5) is 0. The first kappa shape index (κ1) is 10.7. The van der Waals surface area contributed by atoms with Gasteiger partial charge in [-0.25, -0.2) is 5.43 Å². The standard InChI is InChI=1S/C10H16N4/c1-10(2,14-12)9(13-11)8-6-4-3-5-7-8/h3-7,14H,11-12H2,1-2H3/b13-9+. The normalized spacial score (nSPS) is 12.9. The van der Waals surface area contributed by atoms with Gasteiger partial charge in [0.1, 0.15) is 0 Å². The Morgan fingerprint density at radius 3 is 2.29 bits per heavy atom. The van der Waals surface area contributed by atoms with Gasteiger partial charge in [-0.15, -0.1) is 0 Å². The second-order valence-corrected chi connectivity index (χ2v) is 3.61. The van der Waals surface area contributed by atoms with E-state index in [0.717, 1.165) is 11.3 Å². The molecule has 0 saturated carbocycles. The molecular weight excluding hydrogens is 176 g/mol. The van der Waals surface area contributed by atoms with Gasteiger partial charge >= 0.3 is 0 Å². The predicted molar refractivity (Wildman–Crippen MR) is 58.6 cm³/mol. The molecule has 0 heterocycles. The number of nitrogens with zero attached hydrogens (tertiary/aromatic N) is 1. The summed E-state index contributed by atoms with van der Waals surface area (Å²) in [6.07, 6.45) is 0. The lowest BCUT2D eigenvalue weighted by Crippen LogP contribution is -2.51. The van der Waals surface area contributed by atoms with Gasteiger partial charge in [0.25, 0.3) is 0 Å². The van der Waals surface area contributed by atoms with Crippen molar-refractivity contribution in [1.82, 2.24) is 5.43 Å². The zero-order chi connectivity index (χ0) is 10.6. The minimum Gasteiger partial charge on any atom is -0.323 e. The van der Waals surface area contributed by atoms with E-state index in [1.165, 1.54) is 0 Å². The van der Waals surface area contributed by atoms with E-state index in [0.29, 0.717) is 0 Å². The van der Waals surface area contributed by atoms with Gasteiger partial charge in [-0.3, -0.25) is 5.84 Å². The van der Waals surface area contributed by atoms with Gasteiger partial charge in [0.05, 0.1) is 11.3 Å². The molecule has 0 aliphatic rings.